The Labute approximate surface area is 245 Å². The molecule has 0 amide bonds. The first-order valence-electron chi connectivity index (χ1n) is 14.1. The summed E-state index contributed by atoms with van der Waals surface area (Å²) in [4.78, 5) is 21.2. The van der Waals surface area contributed by atoms with Gasteiger partial charge in [0.2, 0.25) is 0 Å². The maximum atomic E-state index is 10.6. The first-order valence-corrected chi connectivity index (χ1v) is 14.1. The van der Waals surface area contributed by atoms with Crippen molar-refractivity contribution < 1.29 is 19.8 Å². The Bertz CT molecular complexity index is 759. The van der Waals surface area contributed by atoms with Crippen molar-refractivity contribution in [3.63, 3.8) is 0 Å². The van der Waals surface area contributed by atoms with Crippen LogP contribution < -0.4 is 10.2 Å². The van der Waals surface area contributed by atoms with Crippen molar-refractivity contribution in [3.05, 3.63) is 70.8 Å². The zero-order chi connectivity index (χ0) is 26.4. The van der Waals surface area contributed by atoms with Gasteiger partial charge >= 0.3 is 27.3 Å². The van der Waals surface area contributed by atoms with Crippen molar-refractivity contribution in [3.8, 4) is 0 Å². The number of carbonyl (C=O) groups excluding carboxylic acids is 2. The Kier molecular flexibility index (Phi) is 22.3. The van der Waals surface area contributed by atoms with Gasteiger partial charge in [-0.25, -0.2) is 0 Å². The van der Waals surface area contributed by atoms with Crippen molar-refractivity contribution in [1.29, 1.82) is 0 Å². The van der Waals surface area contributed by atoms with Crippen LogP contribution in [0.1, 0.15) is 136 Å². The van der Waals surface area contributed by atoms with Gasteiger partial charge in [-0.2, -0.15) is 0 Å². The number of carboxylic acids is 2. The number of rotatable bonds is 18. The molecule has 2 radical (unpaired) electrons. The predicted molar refractivity (Wildman–Crippen MR) is 151 cm³/mol. The van der Waals surface area contributed by atoms with Gasteiger partial charge in [-0.3, -0.25) is 0 Å². The van der Waals surface area contributed by atoms with Crippen LogP contribution >= 0.6 is 0 Å². The number of aromatic carboxylic acids is 2. The van der Waals surface area contributed by atoms with E-state index in [0.29, 0.717) is 0 Å². The van der Waals surface area contributed by atoms with Crippen molar-refractivity contribution in [1.82, 2.24) is 0 Å². The Morgan fingerprint density at radius 1 is 0.486 bits per heavy atom. The Morgan fingerprint density at radius 3 is 1.03 bits per heavy atom. The Morgan fingerprint density at radius 2 is 0.757 bits per heavy atom. The van der Waals surface area contributed by atoms with Crippen LogP contribution in [0.2, 0.25) is 0 Å². The van der Waals surface area contributed by atoms with E-state index in [1.54, 1.807) is 24.3 Å². The third-order valence-electron chi connectivity index (χ3n) is 6.52. The van der Waals surface area contributed by atoms with Gasteiger partial charge in [0.1, 0.15) is 0 Å². The number of aryl methyl sites for hydroxylation is 2. The third kappa shape index (κ3) is 18.2. The summed E-state index contributed by atoms with van der Waals surface area (Å²) >= 11 is 0. The van der Waals surface area contributed by atoms with Crippen molar-refractivity contribution in [2.24, 2.45) is 0 Å². The third-order valence-corrected chi connectivity index (χ3v) is 6.52. The van der Waals surface area contributed by atoms with Gasteiger partial charge in [0.05, 0.1) is 11.9 Å². The van der Waals surface area contributed by atoms with Crippen LogP contribution in [-0.2, 0) is 12.8 Å². The molecule has 0 aliphatic heterocycles. The zero-order valence-electron chi connectivity index (χ0n) is 23.1. The molecule has 0 aromatic heterocycles. The number of carboxylic acid groups (broad SMARTS) is 2. The summed E-state index contributed by atoms with van der Waals surface area (Å²) in [5.74, 6) is -2.20. The van der Waals surface area contributed by atoms with E-state index < -0.39 is 11.9 Å². The molecule has 0 heterocycles. The molecule has 0 saturated carbocycles. The van der Waals surface area contributed by atoms with Crippen molar-refractivity contribution >= 4 is 39.2 Å². The van der Waals surface area contributed by atoms with Gasteiger partial charge in [-0.05, 0) is 47.9 Å². The standard InChI is InChI=1S/2C16H24O2.Pb/c2*1-2-3-4-5-6-7-8-9-14-10-12-15(13-11-14)16(17)18;/h2*10-13H,2-9H2,1H3,(H,17,18);/q;;+2/p-2. The molecule has 0 aliphatic carbocycles. The number of benzene rings is 2. The van der Waals surface area contributed by atoms with Gasteiger partial charge in [0.15, 0.2) is 0 Å². The van der Waals surface area contributed by atoms with Crippen LogP contribution in [0.4, 0.5) is 0 Å². The molecule has 2 aromatic rings. The molecule has 0 N–H and O–H groups in total. The largest absolute Gasteiger partial charge is 2.00 e. The smallest absolute Gasteiger partial charge is 0.545 e. The average Bonchev–Trinajstić information content (AvgIpc) is 2.88. The normalized spacial score (nSPS) is 10.2. The van der Waals surface area contributed by atoms with E-state index >= 15 is 0 Å². The fourth-order valence-electron chi connectivity index (χ4n) is 4.19. The average molecular weight is 702 g/mol. The van der Waals surface area contributed by atoms with E-state index in [2.05, 4.69) is 13.8 Å². The zero-order valence-corrected chi connectivity index (χ0v) is 27.0. The Balaban J connectivity index is 0.000000682. The second kappa shape index (κ2) is 23.4. The minimum Gasteiger partial charge on any atom is -0.545 e. The van der Waals surface area contributed by atoms with E-state index in [9.17, 15) is 19.8 Å². The van der Waals surface area contributed by atoms with Crippen LogP contribution in [0.5, 0.6) is 0 Å². The second-order valence-corrected chi connectivity index (χ2v) is 9.71. The molecular weight excluding hydrogens is 656 g/mol. The molecule has 0 atom stereocenters. The number of hydrogen-bond donors (Lipinski definition) is 0. The minimum absolute atomic E-state index is 0. The molecule has 2 aromatic carbocycles. The number of unbranched alkanes of at least 4 members (excludes halogenated alkanes) is 12. The summed E-state index contributed by atoms with van der Waals surface area (Å²) in [6.45, 7) is 4.46. The summed E-state index contributed by atoms with van der Waals surface area (Å²) in [5.41, 5.74) is 2.96. The first kappa shape index (κ1) is 35.3. The molecule has 37 heavy (non-hydrogen) atoms. The van der Waals surface area contributed by atoms with E-state index in [4.69, 9.17) is 0 Å². The second-order valence-electron chi connectivity index (χ2n) is 9.71. The van der Waals surface area contributed by atoms with E-state index in [1.807, 2.05) is 24.3 Å². The molecule has 5 heteroatoms. The molecule has 4 nitrogen and oxygen atoms in total. The SMILES string of the molecule is CCCCCCCCCc1ccc(C(=O)[O-])cc1.CCCCCCCCCc1ccc(C(=O)[O-])cc1.[Pb+2]. The van der Waals surface area contributed by atoms with Gasteiger partial charge in [0, 0.05) is 0 Å². The van der Waals surface area contributed by atoms with E-state index in [0.717, 1.165) is 12.8 Å². The minimum atomic E-state index is -1.10. The fraction of sp³-hybridized carbons (Fsp3) is 0.562. The molecular formula is C32H46O4Pb. The quantitative estimate of drug-likeness (QED) is 0.135. The summed E-state index contributed by atoms with van der Waals surface area (Å²) < 4.78 is 0. The topological polar surface area (TPSA) is 80.3 Å². The summed E-state index contributed by atoms with van der Waals surface area (Å²) in [7, 11) is 0. The van der Waals surface area contributed by atoms with Gasteiger partial charge < -0.3 is 19.8 Å². The monoisotopic (exact) mass is 702 g/mol. The van der Waals surface area contributed by atoms with E-state index in [1.165, 1.54) is 101 Å². The molecule has 0 spiro atoms. The molecule has 2 rings (SSSR count). The number of hydrogen-bond acceptors (Lipinski definition) is 4. The van der Waals surface area contributed by atoms with Crippen molar-refractivity contribution in [2.75, 3.05) is 0 Å². The number of carbonyl (C=O) groups is 2. The van der Waals surface area contributed by atoms with Crippen LogP contribution in [0.3, 0.4) is 0 Å². The molecule has 0 aliphatic rings. The summed E-state index contributed by atoms with van der Waals surface area (Å²) in [6, 6.07) is 14.1. The summed E-state index contributed by atoms with van der Waals surface area (Å²) in [6.07, 6.45) is 20.3. The van der Waals surface area contributed by atoms with Crippen LogP contribution in [0, 0.1) is 0 Å². The van der Waals surface area contributed by atoms with Crippen LogP contribution in [0.25, 0.3) is 0 Å². The fourth-order valence-corrected chi connectivity index (χ4v) is 4.19. The molecule has 202 valence electrons. The van der Waals surface area contributed by atoms with Crippen molar-refractivity contribution in [2.45, 2.75) is 117 Å². The van der Waals surface area contributed by atoms with Crippen LogP contribution in [-0.4, -0.2) is 39.2 Å². The van der Waals surface area contributed by atoms with Crippen LogP contribution in [0.15, 0.2) is 48.5 Å². The summed E-state index contributed by atoms with van der Waals surface area (Å²) in [5, 5.41) is 21.2. The maximum absolute atomic E-state index is 10.6. The maximum Gasteiger partial charge on any atom is 2.00 e. The van der Waals surface area contributed by atoms with Gasteiger partial charge in [-0.15, -0.1) is 0 Å². The Hall–Kier alpha value is -1.70. The first-order chi connectivity index (χ1) is 17.5. The van der Waals surface area contributed by atoms with Gasteiger partial charge in [-0.1, -0.05) is 139 Å². The van der Waals surface area contributed by atoms with Gasteiger partial charge in [0.25, 0.3) is 0 Å². The van der Waals surface area contributed by atoms with E-state index in [-0.39, 0.29) is 38.4 Å². The predicted octanol–water partition coefficient (Wildman–Crippen LogP) is 6.31. The molecule has 0 bridgehead atoms. The molecule has 0 saturated heterocycles. The molecule has 0 unspecified atom stereocenters. The molecule has 0 fully saturated rings.